The summed E-state index contributed by atoms with van der Waals surface area (Å²) in [5.41, 5.74) is 10.5. The van der Waals surface area contributed by atoms with Gasteiger partial charge in [0.15, 0.2) is 0 Å². The van der Waals surface area contributed by atoms with E-state index in [-0.39, 0.29) is 5.69 Å². The lowest BCUT2D eigenvalue weighted by Crippen LogP contribution is -2.13. The van der Waals surface area contributed by atoms with E-state index in [4.69, 9.17) is 5.73 Å². The van der Waals surface area contributed by atoms with E-state index in [0.717, 1.165) is 22.6 Å². The number of primary amides is 1. The van der Waals surface area contributed by atoms with Gasteiger partial charge in [-0.1, -0.05) is 12.1 Å². The van der Waals surface area contributed by atoms with E-state index in [1.807, 2.05) is 25.5 Å². The molecule has 7 heteroatoms. The molecule has 7 nitrogen and oxygen atoms in total. The second kappa shape index (κ2) is 6.11. The molecule has 0 aliphatic carbocycles. The predicted molar refractivity (Wildman–Crippen MR) is 91.6 cm³/mol. The number of carbonyl (C=O) groups excluding carboxylic acids is 1. The third-order valence-corrected chi connectivity index (χ3v) is 3.78. The first-order valence-corrected chi connectivity index (χ1v) is 7.47. The number of nitrogens with one attached hydrogen (secondary N) is 1. The first-order valence-electron chi connectivity index (χ1n) is 7.47. The normalized spacial score (nSPS) is 10.6. The van der Waals surface area contributed by atoms with Crippen molar-refractivity contribution < 1.29 is 4.79 Å². The molecule has 1 aromatic carbocycles. The van der Waals surface area contributed by atoms with Crippen LogP contribution in [-0.4, -0.2) is 25.7 Å². The number of benzene rings is 1. The maximum absolute atomic E-state index is 11.2. The second-order valence-electron chi connectivity index (χ2n) is 5.62. The monoisotopic (exact) mass is 322 g/mol. The van der Waals surface area contributed by atoms with Gasteiger partial charge in [0.2, 0.25) is 0 Å². The third-order valence-electron chi connectivity index (χ3n) is 3.78. The third kappa shape index (κ3) is 2.96. The highest BCUT2D eigenvalue weighted by Crippen LogP contribution is 2.24. The number of rotatable bonds is 4. The van der Waals surface area contributed by atoms with E-state index in [0.29, 0.717) is 5.82 Å². The molecule has 3 aromatic rings. The van der Waals surface area contributed by atoms with Crippen LogP contribution in [0.2, 0.25) is 0 Å². The van der Waals surface area contributed by atoms with Gasteiger partial charge in [-0.25, -0.2) is 14.6 Å². The maximum atomic E-state index is 11.2. The lowest BCUT2D eigenvalue weighted by Gasteiger charge is -2.10. The molecule has 0 atom stereocenters. The van der Waals surface area contributed by atoms with Crippen LogP contribution in [0.25, 0.3) is 5.69 Å². The molecule has 24 heavy (non-hydrogen) atoms. The topological polar surface area (TPSA) is 98.7 Å². The van der Waals surface area contributed by atoms with Crippen molar-refractivity contribution in [2.75, 3.05) is 5.32 Å². The van der Waals surface area contributed by atoms with E-state index in [2.05, 4.69) is 38.6 Å². The number of anilines is 2. The van der Waals surface area contributed by atoms with Crippen LogP contribution in [-0.2, 0) is 0 Å². The minimum absolute atomic E-state index is 0.159. The summed E-state index contributed by atoms with van der Waals surface area (Å²) in [7, 11) is 0. The summed E-state index contributed by atoms with van der Waals surface area (Å²) >= 11 is 0. The number of amides is 1. The molecular formula is C17H18N6O. The van der Waals surface area contributed by atoms with Gasteiger partial charge < -0.3 is 11.1 Å². The van der Waals surface area contributed by atoms with Crippen LogP contribution >= 0.6 is 0 Å². The number of hydrogen-bond donors (Lipinski definition) is 2. The van der Waals surface area contributed by atoms with E-state index in [9.17, 15) is 4.79 Å². The Hall–Kier alpha value is -3.22. The fourth-order valence-electron chi connectivity index (χ4n) is 2.42. The zero-order chi connectivity index (χ0) is 17.3. The average Bonchev–Trinajstić information content (AvgIpc) is 2.91. The number of nitrogens with two attached hydrogens (primary N) is 1. The van der Waals surface area contributed by atoms with Crippen LogP contribution in [0.1, 0.15) is 27.3 Å². The number of carbonyl (C=O) groups is 1. The minimum atomic E-state index is -0.594. The molecule has 3 N–H and O–H groups in total. The first-order chi connectivity index (χ1) is 11.5. The summed E-state index contributed by atoms with van der Waals surface area (Å²) in [4.78, 5) is 19.2. The Morgan fingerprint density at radius 2 is 1.96 bits per heavy atom. The molecule has 0 saturated heterocycles. The highest BCUT2D eigenvalue weighted by atomic mass is 16.1. The van der Waals surface area contributed by atoms with Crippen molar-refractivity contribution in [2.24, 2.45) is 5.73 Å². The fraction of sp³-hybridized carbons (Fsp3) is 0.176. The molecular weight excluding hydrogens is 304 g/mol. The van der Waals surface area contributed by atoms with Crippen LogP contribution in [0.5, 0.6) is 0 Å². The highest BCUT2D eigenvalue weighted by molar-refractivity contribution is 5.91. The Bertz CT molecular complexity index is 915. The molecule has 0 spiro atoms. The van der Waals surface area contributed by atoms with Crippen molar-refractivity contribution >= 4 is 17.4 Å². The SMILES string of the molecule is Cc1ccc(C)c(-n2ncc(Nc3cc(C(N)=O)ncn3)c2C)c1. The highest BCUT2D eigenvalue weighted by Gasteiger charge is 2.12. The van der Waals surface area contributed by atoms with Crippen LogP contribution in [0, 0.1) is 20.8 Å². The van der Waals surface area contributed by atoms with Crippen molar-refractivity contribution in [3.05, 3.63) is 59.3 Å². The van der Waals surface area contributed by atoms with Crippen molar-refractivity contribution in [3.63, 3.8) is 0 Å². The van der Waals surface area contributed by atoms with E-state index < -0.39 is 5.91 Å². The molecule has 2 aromatic heterocycles. The zero-order valence-corrected chi connectivity index (χ0v) is 13.7. The average molecular weight is 322 g/mol. The smallest absolute Gasteiger partial charge is 0.267 e. The Labute approximate surface area is 139 Å². The molecule has 122 valence electrons. The Kier molecular flexibility index (Phi) is 3.99. The van der Waals surface area contributed by atoms with E-state index in [1.54, 1.807) is 6.20 Å². The molecule has 0 aliphatic heterocycles. The number of nitrogens with zero attached hydrogens (tertiary/aromatic N) is 4. The van der Waals surface area contributed by atoms with Crippen molar-refractivity contribution in [1.29, 1.82) is 0 Å². The predicted octanol–water partition coefficient (Wildman–Crippen LogP) is 2.43. The quantitative estimate of drug-likeness (QED) is 0.768. The summed E-state index contributed by atoms with van der Waals surface area (Å²) in [6.45, 7) is 6.06. The molecule has 3 rings (SSSR count). The molecule has 0 bridgehead atoms. The van der Waals surface area contributed by atoms with Gasteiger partial charge >= 0.3 is 0 Å². The van der Waals surface area contributed by atoms with Crippen LogP contribution in [0.4, 0.5) is 11.5 Å². The molecule has 0 radical (unpaired) electrons. The van der Waals surface area contributed by atoms with Gasteiger partial charge in [-0.2, -0.15) is 5.10 Å². The molecule has 2 heterocycles. The summed E-state index contributed by atoms with van der Waals surface area (Å²) < 4.78 is 1.88. The summed E-state index contributed by atoms with van der Waals surface area (Å²) in [5, 5.41) is 7.61. The van der Waals surface area contributed by atoms with E-state index in [1.165, 1.54) is 18.0 Å². The van der Waals surface area contributed by atoms with Gasteiger partial charge in [0, 0.05) is 6.07 Å². The maximum Gasteiger partial charge on any atom is 0.267 e. The van der Waals surface area contributed by atoms with Crippen molar-refractivity contribution in [3.8, 4) is 5.69 Å². The molecule has 0 aliphatic rings. The lowest BCUT2D eigenvalue weighted by molar-refractivity contribution is 0.0995. The summed E-state index contributed by atoms with van der Waals surface area (Å²) in [6.07, 6.45) is 3.02. The molecule has 0 unspecified atom stereocenters. The van der Waals surface area contributed by atoms with E-state index >= 15 is 0 Å². The Morgan fingerprint density at radius 3 is 2.71 bits per heavy atom. The standard InChI is InChI=1S/C17H18N6O/c1-10-4-5-11(2)15(6-10)23-12(3)14(8-21-23)22-16-7-13(17(18)24)19-9-20-16/h4-9H,1-3H3,(H2,18,24)(H,19,20,22). The summed E-state index contributed by atoms with van der Waals surface area (Å²) in [5.74, 6) is -0.106. The Morgan fingerprint density at radius 1 is 1.17 bits per heavy atom. The lowest BCUT2D eigenvalue weighted by atomic mass is 10.1. The summed E-state index contributed by atoms with van der Waals surface area (Å²) in [6, 6.07) is 7.75. The zero-order valence-electron chi connectivity index (χ0n) is 13.7. The van der Waals surface area contributed by atoms with Gasteiger partial charge in [0.1, 0.15) is 17.8 Å². The largest absolute Gasteiger partial charge is 0.364 e. The van der Waals surface area contributed by atoms with Crippen LogP contribution in [0.15, 0.2) is 36.8 Å². The minimum Gasteiger partial charge on any atom is -0.364 e. The van der Waals surface area contributed by atoms with Gasteiger partial charge in [-0.05, 0) is 38.0 Å². The van der Waals surface area contributed by atoms with Crippen LogP contribution in [0.3, 0.4) is 0 Å². The van der Waals surface area contributed by atoms with Gasteiger partial charge in [0.25, 0.3) is 5.91 Å². The number of aromatic nitrogens is 4. The van der Waals surface area contributed by atoms with Gasteiger partial charge in [-0.15, -0.1) is 0 Å². The van der Waals surface area contributed by atoms with Crippen molar-refractivity contribution in [2.45, 2.75) is 20.8 Å². The fourth-order valence-corrected chi connectivity index (χ4v) is 2.42. The van der Waals surface area contributed by atoms with Crippen molar-refractivity contribution in [1.82, 2.24) is 19.7 Å². The Balaban J connectivity index is 1.95. The molecule has 0 fully saturated rings. The van der Waals surface area contributed by atoms with Gasteiger partial charge in [0.05, 0.1) is 23.3 Å². The second-order valence-corrected chi connectivity index (χ2v) is 5.62. The number of hydrogen-bond acceptors (Lipinski definition) is 5. The van der Waals surface area contributed by atoms with Gasteiger partial charge in [-0.3, -0.25) is 4.79 Å². The first kappa shape index (κ1) is 15.7. The molecule has 0 saturated carbocycles. The number of aryl methyl sites for hydroxylation is 2. The van der Waals surface area contributed by atoms with Crippen LogP contribution < -0.4 is 11.1 Å². The molecule has 1 amide bonds.